The van der Waals surface area contributed by atoms with Gasteiger partial charge in [-0.15, -0.1) is 0 Å². The minimum atomic E-state index is -0.539. The Hall–Kier alpha value is -1.57. The van der Waals surface area contributed by atoms with Gasteiger partial charge < -0.3 is 14.2 Å². The number of nitriles is 1. The zero-order valence-corrected chi connectivity index (χ0v) is 9.97. The first-order chi connectivity index (χ1) is 8.11. The third-order valence-corrected chi connectivity index (χ3v) is 2.50. The van der Waals surface area contributed by atoms with Gasteiger partial charge in [-0.05, 0) is 26.0 Å². The smallest absolute Gasteiger partial charge is 0.163 e. The lowest BCUT2D eigenvalue weighted by atomic mass is 10.2. The largest absolute Gasteiger partial charge is 0.489 e. The summed E-state index contributed by atoms with van der Waals surface area (Å²) in [6.45, 7) is 4.65. The van der Waals surface area contributed by atoms with Crippen LogP contribution in [0.15, 0.2) is 24.3 Å². The molecule has 1 heterocycles. The Morgan fingerprint density at radius 2 is 2.24 bits per heavy atom. The first-order valence-electron chi connectivity index (χ1n) is 5.54. The molecule has 1 aromatic rings. The second-order valence-corrected chi connectivity index (χ2v) is 4.37. The molecule has 2 rings (SSSR count). The van der Waals surface area contributed by atoms with E-state index in [-0.39, 0.29) is 6.10 Å². The molecule has 0 aliphatic carbocycles. The summed E-state index contributed by atoms with van der Waals surface area (Å²) in [5.41, 5.74) is 0.533. The van der Waals surface area contributed by atoms with E-state index in [2.05, 4.69) is 6.07 Å². The molecule has 1 saturated heterocycles. The number of hydrogen-bond acceptors (Lipinski definition) is 4. The quantitative estimate of drug-likeness (QED) is 0.802. The van der Waals surface area contributed by atoms with Crippen LogP contribution in [0.4, 0.5) is 0 Å². The molecule has 1 fully saturated rings. The minimum Gasteiger partial charge on any atom is -0.489 e. The molecule has 4 nitrogen and oxygen atoms in total. The van der Waals surface area contributed by atoms with Crippen molar-refractivity contribution < 1.29 is 14.2 Å². The van der Waals surface area contributed by atoms with Gasteiger partial charge in [0.1, 0.15) is 24.5 Å². The zero-order valence-electron chi connectivity index (χ0n) is 9.97. The highest BCUT2D eigenvalue weighted by Gasteiger charge is 2.33. The molecular weight excluding hydrogens is 218 g/mol. The van der Waals surface area contributed by atoms with Gasteiger partial charge in [-0.25, -0.2) is 0 Å². The van der Waals surface area contributed by atoms with Gasteiger partial charge in [0.05, 0.1) is 12.2 Å². The van der Waals surface area contributed by atoms with Crippen molar-refractivity contribution in [2.24, 2.45) is 0 Å². The second kappa shape index (κ2) is 4.74. The van der Waals surface area contributed by atoms with Gasteiger partial charge in [-0.2, -0.15) is 5.26 Å². The van der Waals surface area contributed by atoms with Crippen LogP contribution in [-0.4, -0.2) is 25.1 Å². The molecule has 0 aromatic heterocycles. The highest BCUT2D eigenvalue weighted by Crippen LogP contribution is 2.23. The summed E-state index contributed by atoms with van der Waals surface area (Å²) >= 11 is 0. The fraction of sp³-hybridized carbons (Fsp3) is 0.462. The summed E-state index contributed by atoms with van der Waals surface area (Å²) in [5.74, 6) is 0.0475. The molecule has 0 bridgehead atoms. The lowest BCUT2D eigenvalue weighted by Crippen LogP contribution is -2.25. The van der Waals surface area contributed by atoms with Gasteiger partial charge in [0.15, 0.2) is 5.79 Å². The van der Waals surface area contributed by atoms with Gasteiger partial charge in [0.25, 0.3) is 0 Å². The normalized spacial score (nSPS) is 22.1. The van der Waals surface area contributed by atoms with E-state index >= 15 is 0 Å². The van der Waals surface area contributed by atoms with Crippen molar-refractivity contribution in [3.05, 3.63) is 29.8 Å². The molecule has 1 aliphatic heterocycles. The standard InChI is InChI=1S/C13H15NO3/c1-13(2)16-9-11(17-13)8-15-12-6-4-3-5-10(12)7-14/h3-6,11H,8-9H2,1-2H3. The molecule has 4 heteroatoms. The Morgan fingerprint density at radius 3 is 2.88 bits per heavy atom. The lowest BCUT2D eigenvalue weighted by molar-refractivity contribution is -0.141. The predicted molar refractivity (Wildman–Crippen MR) is 61.6 cm³/mol. The van der Waals surface area contributed by atoms with Gasteiger partial charge in [-0.3, -0.25) is 0 Å². The monoisotopic (exact) mass is 233 g/mol. The van der Waals surface area contributed by atoms with Crippen LogP contribution < -0.4 is 4.74 Å². The van der Waals surface area contributed by atoms with Gasteiger partial charge in [0.2, 0.25) is 0 Å². The van der Waals surface area contributed by atoms with Crippen LogP contribution in [0.1, 0.15) is 19.4 Å². The number of para-hydroxylation sites is 1. The van der Waals surface area contributed by atoms with Crippen LogP contribution in [0.25, 0.3) is 0 Å². The average Bonchev–Trinajstić information content (AvgIpc) is 2.67. The van der Waals surface area contributed by atoms with Crippen molar-refractivity contribution in [1.82, 2.24) is 0 Å². The molecule has 0 spiro atoms. The Labute approximate surface area is 101 Å². The fourth-order valence-electron chi connectivity index (χ4n) is 1.71. The van der Waals surface area contributed by atoms with Crippen LogP contribution in [0, 0.1) is 11.3 Å². The number of ether oxygens (including phenoxy) is 3. The number of nitrogens with zero attached hydrogens (tertiary/aromatic N) is 1. The van der Waals surface area contributed by atoms with E-state index in [0.29, 0.717) is 24.5 Å². The summed E-state index contributed by atoms with van der Waals surface area (Å²) in [5, 5.41) is 8.91. The van der Waals surface area contributed by atoms with E-state index in [4.69, 9.17) is 19.5 Å². The van der Waals surface area contributed by atoms with Crippen molar-refractivity contribution in [1.29, 1.82) is 5.26 Å². The van der Waals surface area contributed by atoms with Crippen molar-refractivity contribution in [2.75, 3.05) is 13.2 Å². The minimum absolute atomic E-state index is 0.0863. The third-order valence-electron chi connectivity index (χ3n) is 2.50. The predicted octanol–water partition coefficient (Wildman–Crippen LogP) is 2.09. The van der Waals surface area contributed by atoms with Gasteiger partial charge >= 0.3 is 0 Å². The van der Waals surface area contributed by atoms with Crippen molar-refractivity contribution in [3.8, 4) is 11.8 Å². The Kier molecular flexibility index (Phi) is 3.32. The Morgan fingerprint density at radius 1 is 1.47 bits per heavy atom. The van der Waals surface area contributed by atoms with E-state index in [1.807, 2.05) is 26.0 Å². The maximum atomic E-state index is 8.91. The molecule has 1 aliphatic rings. The average molecular weight is 233 g/mol. The van der Waals surface area contributed by atoms with Crippen LogP contribution in [0.3, 0.4) is 0 Å². The summed E-state index contributed by atoms with van der Waals surface area (Å²) < 4.78 is 16.6. The molecule has 17 heavy (non-hydrogen) atoms. The number of hydrogen-bond donors (Lipinski definition) is 0. The summed E-state index contributed by atoms with van der Waals surface area (Å²) in [7, 11) is 0. The summed E-state index contributed by atoms with van der Waals surface area (Å²) in [4.78, 5) is 0. The third kappa shape index (κ3) is 2.96. The van der Waals surface area contributed by atoms with Crippen LogP contribution in [0.5, 0.6) is 5.75 Å². The molecule has 1 atom stereocenters. The number of benzene rings is 1. The maximum absolute atomic E-state index is 8.91. The van der Waals surface area contributed by atoms with E-state index in [1.54, 1.807) is 12.1 Å². The van der Waals surface area contributed by atoms with Crippen LogP contribution >= 0.6 is 0 Å². The number of rotatable bonds is 3. The van der Waals surface area contributed by atoms with Crippen LogP contribution in [-0.2, 0) is 9.47 Å². The fourth-order valence-corrected chi connectivity index (χ4v) is 1.71. The lowest BCUT2D eigenvalue weighted by Gasteiger charge is -2.17. The van der Waals surface area contributed by atoms with E-state index in [9.17, 15) is 0 Å². The highest BCUT2D eigenvalue weighted by molar-refractivity contribution is 5.42. The second-order valence-electron chi connectivity index (χ2n) is 4.37. The first-order valence-corrected chi connectivity index (χ1v) is 5.54. The highest BCUT2D eigenvalue weighted by atomic mass is 16.7. The first kappa shape index (κ1) is 11.9. The van der Waals surface area contributed by atoms with E-state index in [1.165, 1.54) is 0 Å². The van der Waals surface area contributed by atoms with Gasteiger partial charge in [0, 0.05) is 0 Å². The van der Waals surface area contributed by atoms with Crippen molar-refractivity contribution in [2.45, 2.75) is 25.7 Å². The molecule has 0 amide bonds. The van der Waals surface area contributed by atoms with Gasteiger partial charge in [-0.1, -0.05) is 12.1 Å². The molecule has 1 unspecified atom stereocenters. The zero-order chi connectivity index (χ0) is 12.3. The van der Waals surface area contributed by atoms with E-state index < -0.39 is 5.79 Å². The van der Waals surface area contributed by atoms with Crippen LogP contribution in [0.2, 0.25) is 0 Å². The molecular formula is C13H15NO3. The SMILES string of the molecule is CC1(C)OCC(COc2ccccc2C#N)O1. The molecule has 0 saturated carbocycles. The summed E-state index contributed by atoms with van der Waals surface area (Å²) in [6.07, 6.45) is -0.0863. The molecule has 0 N–H and O–H groups in total. The molecule has 1 aromatic carbocycles. The van der Waals surface area contributed by atoms with E-state index in [0.717, 1.165) is 0 Å². The Balaban J connectivity index is 1.93. The topological polar surface area (TPSA) is 51.5 Å². The Bertz CT molecular complexity index is 437. The summed E-state index contributed by atoms with van der Waals surface area (Å²) in [6, 6.07) is 9.24. The van der Waals surface area contributed by atoms with Crippen molar-refractivity contribution in [3.63, 3.8) is 0 Å². The van der Waals surface area contributed by atoms with Crippen molar-refractivity contribution >= 4 is 0 Å². The maximum Gasteiger partial charge on any atom is 0.163 e. The molecule has 0 radical (unpaired) electrons. The molecule has 90 valence electrons.